The van der Waals surface area contributed by atoms with Crippen molar-refractivity contribution in [2.75, 3.05) is 53.1 Å². The molecule has 1 saturated heterocycles. The first-order valence-electron chi connectivity index (χ1n) is 25.5. The van der Waals surface area contributed by atoms with Crippen molar-refractivity contribution in [3.8, 4) is 18.1 Å². The van der Waals surface area contributed by atoms with Gasteiger partial charge in [-0.1, -0.05) is 73.4 Å². The number of ether oxygens (including phenoxy) is 3. The molecule has 396 valence electrons. The molecule has 1 aromatic carbocycles. The smallest absolute Gasteiger partial charge is 0.426 e. The third kappa shape index (κ3) is 21.1. The molecule has 1 aliphatic heterocycles. The number of benzene rings is 1. The second-order valence-corrected chi connectivity index (χ2v) is 19.7. The predicted octanol–water partition coefficient (Wildman–Crippen LogP) is 6.05. The second kappa shape index (κ2) is 32.6. The van der Waals surface area contributed by atoms with Gasteiger partial charge in [0.2, 0.25) is 23.6 Å². The maximum Gasteiger partial charge on any atom is 0.426 e. The first kappa shape index (κ1) is 60.0. The number of carbonyl (C=O) groups excluding carboxylic acids is 6. The van der Waals surface area contributed by atoms with Crippen LogP contribution in [0, 0.1) is 30.1 Å². The summed E-state index contributed by atoms with van der Waals surface area (Å²) in [5.41, 5.74) is 5.60. The highest BCUT2D eigenvalue weighted by Gasteiger charge is 2.38. The number of nitrogens with zero attached hydrogens (tertiary/aromatic N) is 3. The molecule has 1 aliphatic rings. The largest absolute Gasteiger partial charge is 0.508 e. The number of likely N-dealkylation sites (N-methyl/N-ethyl adjacent to an activating group) is 1. The van der Waals surface area contributed by atoms with E-state index in [0.717, 1.165) is 44.2 Å². The lowest BCUT2D eigenvalue weighted by molar-refractivity contribution is -0.143. The summed E-state index contributed by atoms with van der Waals surface area (Å²) in [5.74, 6) is 0.505. The van der Waals surface area contributed by atoms with Gasteiger partial charge in [-0.25, -0.2) is 15.2 Å². The van der Waals surface area contributed by atoms with E-state index in [9.17, 15) is 33.9 Å². The van der Waals surface area contributed by atoms with Crippen molar-refractivity contribution in [3.63, 3.8) is 0 Å². The monoisotopic (exact) mass is 1010 g/mol. The van der Waals surface area contributed by atoms with Crippen molar-refractivity contribution in [3.05, 3.63) is 45.9 Å². The summed E-state index contributed by atoms with van der Waals surface area (Å²) in [4.78, 5) is 88.6. The summed E-state index contributed by atoms with van der Waals surface area (Å²) < 4.78 is 16.9. The number of terminal acetylenes is 1. The minimum Gasteiger partial charge on any atom is -0.508 e. The molecule has 6 amide bonds. The number of unbranched alkanes of at least 4 members (excludes halogenated alkanes) is 1. The van der Waals surface area contributed by atoms with E-state index in [-0.39, 0.29) is 79.3 Å². The Morgan fingerprint density at radius 1 is 0.958 bits per heavy atom. The maximum atomic E-state index is 14.8. The highest BCUT2D eigenvalue weighted by atomic mass is 32.1. The van der Waals surface area contributed by atoms with E-state index in [1.165, 1.54) is 11.3 Å². The lowest BCUT2D eigenvalue weighted by atomic mass is 9.92. The number of nitrogens with one attached hydrogen (secondary N) is 5. The topological polar surface area (TPSA) is 230 Å². The van der Waals surface area contributed by atoms with Crippen LogP contribution in [-0.4, -0.2) is 133 Å². The number of phenolic OH excluding ortho intramolecular Hbond substituents is 1. The SMILES string of the molecule is C#CCCCC(=O)NCCOCCOC(=O)NNC(=O)[C@@H](C)C[C@H](Cc1ccc(O)cc1)NC(=O)c1csc([C@@H](C[C@H](C(C)C)N(CCC)C(=O)[C@@H](NC(=O)[C@H]2CCCCN2C)[C@@H](C)CC)OCCC)n1. The Hall–Kier alpha value is -5.29. The Morgan fingerprint density at radius 3 is 2.37 bits per heavy atom. The Kier molecular flexibility index (Phi) is 27.6. The number of likely N-dealkylation sites (tertiary alicyclic amines) is 1. The molecule has 2 aromatic rings. The Balaban J connectivity index is 1.70. The molecule has 18 nitrogen and oxygen atoms in total. The number of rotatable bonds is 31. The Morgan fingerprint density at radius 2 is 1.70 bits per heavy atom. The van der Waals surface area contributed by atoms with Gasteiger partial charge in [0.15, 0.2) is 0 Å². The van der Waals surface area contributed by atoms with Gasteiger partial charge in [0.1, 0.15) is 35.2 Å². The van der Waals surface area contributed by atoms with Crippen LogP contribution < -0.4 is 26.8 Å². The number of aromatic nitrogens is 1. The Labute approximate surface area is 425 Å². The normalized spacial score (nSPS) is 16.3. The van der Waals surface area contributed by atoms with Crippen molar-refractivity contribution < 1.29 is 48.1 Å². The van der Waals surface area contributed by atoms with Crippen LogP contribution in [0.4, 0.5) is 4.79 Å². The van der Waals surface area contributed by atoms with E-state index in [1.807, 2.05) is 39.6 Å². The molecule has 7 atom stereocenters. The predicted molar refractivity (Wildman–Crippen MR) is 274 cm³/mol. The zero-order chi connectivity index (χ0) is 52.3. The van der Waals surface area contributed by atoms with Gasteiger partial charge in [0, 0.05) is 62.3 Å². The maximum absolute atomic E-state index is 14.8. The fourth-order valence-electron chi connectivity index (χ4n) is 8.39. The summed E-state index contributed by atoms with van der Waals surface area (Å²) >= 11 is 1.30. The van der Waals surface area contributed by atoms with E-state index in [2.05, 4.69) is 51.5 Å². The average molecular weight is 1010 g/mol. The van der Waals surface area contributed by atoms with Crippen LogP contribution in [0.3, 0.4) is 0 Å². The molecular formula is C52H82N8O10S. The third-order valence-electron chi connectivity index (χ3n) is 12.7. The standard InChI is InChI=1S/C52H82N8O10S/c1-10-14-15-19-45(62)53-24-28-68-29-30-70-52(67)58-57-47(63)37(8)31-39(32-38-20-22-40(61)23-21-38)54-48(64)41-34-71-50(55-41)44(69-27-12-3)33-43(35(5)6)60(25-11-2)51(66)46(36(7)13-4)56-49(65)42-18-16-17-26-59(42)9/h1,20-23,34-37,39,42-44,46,61H,11-19,24-33H2,2-9H3,(H,53,62)(H,54,64)(H,56,65)(H,57,63)(H,58,67)/t36-,37-,39+,42+,43+,44+,46-/m0/s1. The summed E-state index contributed by atoms with van der Waals surface area (Å²) in [6.45, 7) is 16.2. The molecular weight excluding hydrogens is 929 g/mol. The van der Waals surface area contributed by atoms with Crippen LogP contribution in [0.1, 0.15) is 146 Å². The van der Waals surface area contributed by atoms with Crippen molar-refractivity contribution in [1.82, 2.24) is 41.6 Å². The van der Waals surface area contributed by atoms with E-state index >= 15 is 0 Å². The van der Waals surface area contributed by atoms with Crippen molar-refractivity contribution in [2.45, 2.75) is 156 Å². The van der Waals surface area contributed by atoms with Crippen LogP contribution in [0.15, 0.2) is 29.6 Å². The average Bonchev–Trinajstić information content (AvgIpc) is 3.85. The highest BCUT2D eigenvalue weighted by Crippen LogP contribution is 2.32. The van der Waals surface area contributed by atoms with Gasteiger partial charge in [-0.05, 0) is 88.1 Å². The number of hydrogen-bond acceptors (Lipinski definition) is 13. The molecule has 2 heterocycles. The molecule has 0 spiro atoms. The molecule has 19 heteroatoms. The zero-order valence-electron chi connectivity index (χ0n) is 43.4. The quantitative estimate of drug-likeness (QED) is 0.0288. The van der Waals surface area contributed by atoms with Gasteiger partial charge < -0.3 is 40.2 Å². The number of hydrogen-bond donors (Lipinski definition) is 6. The van der Waals surface area contributed by atoms with Crippen molar-refractivity contribution >= 4 is 47.0 Å². The van der Waals surface area contributed by atoms with E-state index in [4.69, 9.17) is 25.6 Å². The molecule has 0 unspecified atom stereocenters. The zero-order valence-corrected chi connectivity index (χ0v) is 44.2. The number of piperidine rings is 1. The Bertz CT molecular complexity index is 1990. The molecule has 0 radical (unpaired) electrons. The van der Waals surface area contributed by atoms with Gasteiger partial charge >= 0.3 is 6.09 Å². The summed E-state index contributed by atoms with van der Waals surface area (Å²) in [5, 5.41) is 21.2. The number of amides is 6. The summed E-state index contributed by atoms with van der Waals surface area (Å²) in [6.07, 6.45) is 11.1. The number of aromatic hydroxyl groups is 1. The molecule has 0 aliphatic carbocycles. The van der Waals surface area contributed by atoms with Gasteiger partial charge in [-0.3, -0.25) is 34.3 Å². The molecule has 71 heavy (non-hydrogen) atoms. The molecule has 3 rings (SSSR count). The van der Waals surface area contributed by atoms with Crippen LogP contribution in [0.2, 0.25) is 0 Å². The summed E-state index contributed by atoms with van der Waals surface area (Å²) in [6, 6.07) is 4.77. The van der Waals surface area contributed by atoms with Gasteiger partial charge in [0.05, 0.1) is 19.3 Å². The fraction of sp³-hybridized carbons (Fsp3) is 0.673. The second-order valence-electron chi connectivity index (χ2n) is 18.8. The molecule has 0 bridgehead atoms. The molecule has 1 fully saturated rings. The number of hydrazine groups is 1. The minimum absolute atomic E-state index is 0.0206. The molecule has 6 N–H and O–H groups in total. The highest BCUT2D eigenvalue weighted by molar-refractivity contribution is 7.09. The van der Waals surface area contributed by atoms with Crippen LogP contribution >= 0.6 is 11.3 Å². The fourth-order valence-corrected chi connectivity index (χ4v) is 9.25. The lowest BCUT2D eigenvalue weighted by Gasteiger charge is -2.40. The molecule has 0 saturated carbocycles. The van der Waals surface area contributed by atoms with Crippen molar-refractivity contribution in [1.29, 1.82) is 0 Å². The minimum atomic E-state index is -0.892. The summed E-state index contributed by atoms with van der Waals surface area (Å²) in [7, 11) is 1.97. The van der Waals surface area contributed by atoms with Crippen LogP contribution in [0.25, 0.3) is 0 Å². The number of thiazole rings is 1. The van der Waals surface area contributed by atoms with Gasteiger partial charge in [-0.2, -0.15) is 0 Å². The van der Waals surface area contributed by atoms with Crippen LogP contribution in [-0.2, 0) is 39.8 Å². The lowest BCUT2D eigenvalue weighted by Crippen LogP contribution is -2.58. The molecule has 1 aromatic heterocycles. The van der Waals surface area contributed by atoms with Crippen LogP contribution in [0.5, 0.6) is 5.75 Å². The number of carbonyl (C=O) groups is 6. The van der Waals surface area contributed by atoms with E-state index in [1.54, 1.807) is 36.6 Å². The number of phenols is 1. The van der Waals surface area contributed by atoms with Gasteiger partial charge in [-0.15, -0.1) is 23.7 Å². The first-order chi connectivity index (χ1) is 34.0. The third-order valence-corrected chi connectivity index (χ3v) is 13.6. The van der Waals surface area contributed by atoms with Gasteiger partial charge in [0.25, 0.3) is 5.91 Å². The van der Waals surface area contributed by atoms with Crippen molar-refractivity contribution in [2.24, 2.45) is 17.8 Å². The van der Waals surface area contributed by atoms with E-state index in [0.29, 0.717) is 63.2 Å². The van der Waals surface area contributed by atoms with E-state index < -0.39 is 42.0 Å². The first-order valence-corrected chi connectivity index (χ1v) is 26.4.